The number of rotatable bonds is 5. The molecule has 0 heterocycles. The minimum Gasteiger partial charge on any atom is -0.310 e. The van der Waals surface area contributed by atoms with Crippen LogP contribution in [0.5, 0.6) is 0 Å². The summed E-state index contributed by atoms with van der Waals surface area (Å²) in [5, 5.41) is 12.4. The van der Waals surface area contributed by atoms with Crippen molar-refractivity contribution in [1.82, 2.24) is 5.32 Å². The van der Waals surface area contributed by atoms with Crippen LogP contribution in [0.15, 0.2) is 35.9 Å². The van der Waals surface area contributed by atoms with Crippen molar-refractivity contribution in [3.05, 3.63) is 47.0 Å². The van der Waals surface area contributed by atoms with Gasteiger partial charge in [0.25, 0.3) is 0 Å². The fourth-order valence-electron chi connectivity index (χ4n) is 2.41. The molecule has 1 aliphatic carbocycles. The van der Waals surface area contributed by atoms with Crippen LogP contribution in [0, 0.1) is 11.3 Å². The molecule has 2 heteroatoms. The molecule has 1 aromatic rings. The van der Waals surface area contributed by atoms with Crippen LogP contribution in [-0.4, -0.2) is 6.54 Å². The highest BCUT2D eigenvalue weighted by molar-refractivity contribution is 5.34. The third-order valence-corrected chi connectivity index (χ3v) is 3.55. The maximum atomic E-state index is 8.89. The van der Waals surface area contributed by atoms with Crippen LogP contribution in [0.2, 0.25) is 0 Å². The normalized spacial score (nSPS) is 16.1. The zero-order chi connectivity index (χ0) is 12.8. The lowest BCUT2D eigenvalue weighted by Gasteiger charge is -2.14. The van der Waals surface area contributed by atoms with E-state index in [4.69, 9.17) is 5.26 Å². The van der Waals surface area contributed by atoms with Crippen molar-refractivity contribution in [2.24, 2.45) is 0 Å². The predicted molar refractivity (Wildman–Crippen MR) is 74.1 cm³/mol. The van der Waals surface area contributed by atoms with Gasteiger partial charge < -0.3 is 5.32 Å². The van der Waals surface area contributed by atoms with Crippen molar-refractivity contribution >= 4 is 0 Å². The Balaban J connectivity index is 1.83. The van der Waals surface area contributed by atoms with Gasteiger partial charge in [0.1, 0.15) is 0 Å². The highest BCUT2D eigenvalue weighted by Gasteiger charge is 2.07. The van der Waals surface area contributed by atoms with Crippen LogP contribution in [0.4, 0.5) is 0 Å². The molecule has 0 radical (unpaired) electrons. The summed E-state index contributed by atoms with van der Waals surface area (Å²) >= 11 is 0. The molecule has 1 atom stereocenters. The van der Waals surface area contributed by atoms with Gasteiger partial charge in [-0.1, -0.05) is 23.8 Å². The van der Waals surface area contributed by atoms with Gasteiger partial charge in [-0.3, -0.25) is 0 Å². The van der Waals surface area contributed by atoms with Gasteiger partial charge in [-0.2, -0.15) is 5.26 Å². The van der Waals surface area contributed by atoms with E-state index in [9.17, 15) is 0 Å². The molecular formula is C16H20N2. The van der Waals surface area contributed by atoms with E-state index in [1.807, 2.05) is 18.2 Å². The first kappa shape index (κ1) is 12.9. The molecule has 2 nitrogen and oxygen atoms in total. The number of benzene rings is 1. The first-order chi connectivity index (χ1) is 8.79. The summed E-state index contributed by atoms with van der Waals surface area (Å²) in [5.41, 5.74) is 3.52. The molecule has 0 saturated carbocycles. The lowest BCUT2D eigenvalue weighted by Crippen LogP contribution is -2.20. The molecule has 94 valence electrons. The Hall–Kier alpha value is -1.59. The highest BCUT2D eigenvalue weighted by atomic mass is 14.9. The van der Waals surface area contributed by atoms with Gasteiger partial charge in [-0.05, 0) is 56.8 Å². The highest BCUT2D eigenvalue weighted by Crippen LogP contribution is 2.20. The van der Waals surface area contributed by atoms with E-state index in [0.29, 0.717) is 6.04 Å². The number of allylic oxidation sites excluding steroid dienone is 1. The molecule has 1 aliphatic rings. The molecule has 18 heavy (non-hydrogen) atoms. The Kier molecular flexibility index (Phi) is 4.55. The van der Waals surface area contributed by atoms with Gasteiger partial charge >= 0.3 is 0 Å². The Morgan fingerprint density at radius 1 is 1.44 bits per heavy atom. The molecule has 0 amide bonds. The van der Waals surface area contributed by atoms with Gasteiger partial charge in [0.2, 0.25) is 0 Å². The third kappa shape index (κ3) is 3.45. The van der Waals surface area contributed by atoms with Crippen LogP contribution in [-0.2, 0) is 0 Å². The average molecular weight is 240 g/mol. The molecule has 0 bridgehead atoms. The number of hydrogen-bond donors (Lipinski definition) is 1. The van der Waals surface area contributed by atoms with E-state index in [0.717, 1.165) is 18.5 Å². The summed E-state index contributed by atoms with van der Waals surface area (Å²) in [6, 6.07) is 10.3. The smallest absolute Gasteiger partial charge is 0.0991 e. The quantitative estimate of drug-likeness (QED) is 0.796. The predicted octanol–water partition coefficient (Wildman–Crippen LogP) is 3.71. The van der Waals surface area contributed by atoms with Crippen molar-refractivity contribution in [1.29, 1.82) is 5.26 Å². The fraction of sp³-hybridized carbons (Fsp3) is 0.438. The molecule has 0 fully saturated rings. The largest absolute Gasteiger partial charge is 0.310 e. The number of nitrogens with zero attached hydrogens (tertiary/aromatic N) is 1. The lowest BCUT2D eigenvalue weighted by atomic mass is 10.1. The molecule has 0 saturated heterocycles. The minimum atomic E-state index is 0.306. The standard InChI is InChI=1S/C16H20N2/c1-13(16-8-4-7-15(11-16)12-17)18-10-9-14-5-2-3-6-14/h4-5,7-8,11,13,18H,2-3,6,9-10H2,1H3. The first-order valence-electron chi connectivity index (χ1n) is 6.71. The van der Waals surface area contributed by atoms with Crippen LogP contribution in [0.1, 0.15) is 49.8 Å². The maximum Gasteiger partial charge on any atom is 0.0991 e. The van der Waals surface area contributed by atoms with Crippen molar-refractivity contribution in [3.8, 4) is 6.07 Å². The Morgan fingerprint density at radius 2 is 2.33 bits per heavy atom. The molecule has 1 N–H and O–H groups in total. The van der Waals surface area contributed by atoms with Crippen LogP contribution < -0.4 is 5.32 Å². The summed E-state index contributed by atoms with van der Waals surface area (Å²) in [5.74, 6) is 0. The lowest BCUT2D eigenvalue weighted by molar-refractivity contribution is 0.573. The van der Waals surface area contributed by atoms with E-state index in [1.165, 1.54) is 24.8 Å². The topological polar surface area (TPSA) is 35.8 Å². The molecule has 1 aromatic carbocycles. The monoisotopic (exact) mass is 240 g/mol. The summed E-state index contributed by atoms with van der Waals surface area (Å²) in [6.07, 6.45) is 7.40. The molecule has 0 aliphatic heterocycles. The number of nitriles is 1. The van der Waals surface area contributed by atoms with Gasteiger partial charge in [0, 0.05) is 6.04 Å². The van der Waals surface area contributed by atoms with E-state index in [-0.39, 0.29) is 0 Å². The maximum absolute atomic E-state index is 8.89. The second-order valence-corrected chi connectivity index (χ2v) is 4.92. The van der Waals surface area contributed by atoms with E-state index in [1.54, 1.807) is 5.57 Å². The van der Waals surface area contributed by atoms with Crippen molar-refractivity contribution in [3.63, 3.8) is 0 Å². The third-order valence-electron chi connectivity index (χ3n) is 3.55. The van der Waals surface area contributed by atoms with Crippen molar-refractivity contribution in [2.75, 3.05) is 6.54 Å². The molecule has 1 unspecified atom stereocenters. The first-order valence-corrected chi connectivity index (χ1v) is 6.71. The van der Waals surface area contributed by atoms with Gasteiger partial charge in [-0.25, -0.2) is 0 Å². The molecule has 2 rings (SSSR count). The number of hydrogen-bond acceptors (Lipinski definition) is 2. The number of nitrogens with one attached hydrogen (secondary N) is 1. The van der Waals surface area contributed by atoms with Gasteiger partial charge in [0.05, 0.1) is 11.6 Å². The Morgan fingerprint density at radius 3 is 3.06 bits per heavy atom. The zero-order valence-electron chi connectivity index (χ0n) is 10.9. The fourth-order valence-corrected chi connectivity index (χ4v) is 2.41. The zero-order valence-corrected chi connectivity index (χ0v) is 10.9. The van der Waals surface area contributed by atoms with Crippen LogP contribution in [0.25, 0.3) is 0 Å². The summed E-state index contributed by atoms with van der Waals surface area (Å²) in [4.78, 5) is 0. The molecule has 0 spiro atoms. The SMILES string of the molecule is CC(NCCC1=CCCC1)c1cccc(C#N)c1. The summed E-state index contributed by atoms with van der Waals surface area (Å²) in [6.45, 7) is 3.17. The second-order valence-electron chi connectivity index (χ2n) is 4.92. The Bertz CT molecular complexity index is 468. The summed E-state index contributed by atoms with van der Waals surface area (Å²) in [7, 11) is 0. The Labute approximate surface area is 109 Å². The average Bonchev–Trinajstić information content (AvgIpc) is 2.92. The van der Waals surface area contributed by atoms with E-state index in [2.05, 4.69) is 30.5 Å². The van der Waals surface area contributed by atoms with Gasteiger partial charge in [-0.15, -0.1) is 0 Å². The van der Waals surface area contributed by atoms with E-state index < -0.39 is 0 Å². The second kappa shape index (κ2) is 6.37. The van der Waals surface area contributed by atoms with E-state index >= 15 is 0 Å². The van der Waals surface area contributed by atoms with Crippen molar-refractivity contribution in [2.45, 2.75) is 38.6 Å². The molecule has 0 aromatic heterocycles. The molecular weight excluding hydrogens is 220 g/mol. The van der Waals surface area contributed by atoms with Crippen LogP contribution >= 0.6 is 0 Å². The van der Waals surface area contributed by atoms with Crippen LogP contribution in [0.3, 0.4) is 0 Å². The minimum absolute atomic E-state index is 0.306. The van der Waals surface area contributed by atoms with Gasteiger partial charge in [0.15, 0.2) is 0 Å². The van der Waals surface area contributed by atoms with Crippen molar-refractivity contribution < 1.29 is 0 Å². The summed E-state index contributed by atoms with van der Waals surface area (Å²) < 4.78 is 0.